The van der Waals surface area contributed by atoms with Crippen LogP contribution in [0.4, 0.5) is 5.69 Å². The molecule has 9 heteroatoms. The third-order valence-corrected chi connectivity index (χ3v) is 5.30. The molecular formula is C18H18N4O4S. The van der Waals surface area contributed by atoms with E-state index < -0.39 is 11.9 Å². The van der Waals surface area contributed by atoms with Crippen molar-refractivity contribution in [2.24, 2.45) is 0 Å². The number of thiophene rings is 1. The molecule has 4 rings (SSSR count). The van der Waals surface area contributed by atoms with Gasteiger partial charge in [0.2, 0.25) is 17.6 Å². The minimum atomic E-state index is -0.725. The Labute approximate surface area is 159 Å². The Balaban J connectivity index is 1.41. The topological polar surface area (TPSA) is 110 Å². The molecule has 0 aromatic carbocycles. The summed E-state index contributed by atoms with van der Waals surface area (Å²) in [7, 11) is 0. The highest BCUT2D eigenvalue weighted by Gasteiger charge is 2.30. The largest absolute Gasteiger partial charge is 0.459 e. The molecule has 2 N–H and O–H groups in total. The van der Waals surface area contributed by atoms with Crippen molar-refractivity contribution in [1.29, 1.82) is 0 Å². The predicted octanol–water partition coefficient (Wildman–Crippen LogP) is 3.33. The number of amides is 2. The summed E-state index contributed by atoms with van der Waals surface area (Å²) in [5, 5.41) is 9.46. The van der Waals surface area contributed by atoms with Crippen molar-refractivity contribution in [2.75, 3.05) is 5.32 Å². The van der Waals surface area contributed by atoms with Crippen LogP contribution in [0.3, 0.4) is 0 Å². The first kappa shape index (κ1) is 17.5. The number of nitrogens with zero attached hydrogens (tertiary/aromatic N) is 2. The lowest BCUT2D eigenvalue weighted by molar-refractivity contribution is -0.117. The van der Waals surface area contributed by atoms with Crippen molar-refractivity contribution in [1.82, 2.24) is 15.5 Å². The fraction of sp³-hybridized carbons (Fsp3) is 0.333. The summed E-state index contributed by atoms with van der Waals surface area (Å²) in [6, 6.07) is 4.25. The maximum absolute atomic E-state index is 12.4. The zero-order valence-corrected chi connectivity index (χ0v) is 15.6. The normalized spacial score (nSPS) is 14.7. The summed E-state index contributed by atoms with van der Waals surface area (Å²) < 4.78 is 10.3. The Morgan fingerprint density at radius 2 is 2.19 bits per heavy atom. The summed E-state index contributed by atoms with van der Waals surface area (Å²) in [4.78, 5) is 30.6. The monoisotopic (exact) mass is 386 g/mol. The molecule has 1 atom stereocenters. The van der Waals surface area contributed by atoms with E-state index in [1.165, 1.54) is 23.7 Å². The van der Waals surface area contributed by atoms with Gasteiger partial charge in [-0.05, 0) is 44.9 Å². The van der Waals surface area contributed by atoms with Crippen molar-refractivity contribution in [3.8, 4) is 10.7 Å². The van der Waals surface area contributed by atoms with Crippen LogP contribution in [-0.4, -0.2) is 28.0 Å². The van der Waals surface area contributed by atoms with Gasteiger partial charge in [0.1, 0.15) is 6.04 Å². The molecule has 140 valence electrons. The lowest BCUT2D eigenvalue weighted by atomic mass is 10.2. The summed E-state index contributed by atoms with van der Waals surface area (Å²) >= 11 is 1.48. The number of anilines is 1. The Kier molecular flexibility index (Phi) is 4.53. The molecule has 3 aromatic heterocycles. The molecule has 1 saturated carbocycles. The van der Waals surface area contributed by atoms with Gasteiger partial charge >= 0.3 is 0 Å². The molecule has 1 aliphatic carbocycles. The molecule has 3 heterocycles. The third kappa shape index (κ3) is 3.77. The molecule has 2 amide bonds. The van der Waals surface area contributed by atoms with Gasteiger partial charge in [0, 0.05) is 10.8 Å². The summed E-state index contributed by atoms with van der Waals surface area (Å²) in [6.07, 6.45) is 3.59. The molecule has 1 aliphatic rings. The van der Waals surface area contributed by atoms with E-state index in [0.717, 1.165) is 22.6 Å². The zero-order valence-electron chi connectivity index (χ0n) is 14.8. The fourth-order valence-corrected chi connectivity index (χ4v) is 3.43. The van der Waals surface area contributed by atoms with Gasteiger partial charge in [0.25, 0.3) is 5.91 Å². The van der Waals surface area contributed by atoms with Crippen LogP contribution in [0.15, 0.2) is 33.4 Å². The molecule has 0 radical (unpaired) electrons. The molecule has 3 aromatic rings. The van der Waals surface area contributed by atoms with Gasteiger partial charge in [-0.25, -0.2) is 0 Å². The van der Waals surface area contributed by atoms with Gasteiger partial charge in [-0.1, -0.05) is 5.16 Å². The second kappa shape index (κ2) is 6.99. The molecule has 8 nitrogen and oxygen atoms in total. The van der Waals surface area contributed by atoms with Gasteiger partial charge < -0.3 is 19.6 Å². The van der Waals surface area contributed by atoms with Gasteiger partial charge in [-0.3, -0.25) is 9.59 Å². The number of hydrogen-bond acceptors (Lipinski definition) is 7. The van der Waals surface area contributed by atoms with E-state index in [1.807, 2.05) is 13.0 Å². The molecule has 0 saturated heterocycles. The number of furan rings is 1. The van der Waals surface area contributed by atoms with Gasteiger partial charge in [0.15, 0.2) is 5.76 Å². The first-order valence-corrected chi connectivity index (χ1v) is 9.42. The van der Waals surface area contributed by atoms with E-state index in [-0.39, 0.29) is 11.7 Å². The molecule has 0 bridgehead atoms. The van der Waals surface area contributed by atoms with E-state index in [9.17, 15) is 9.59 Å². The Hall–Kier alpha value is -2.94. The number of nitrogens with one attached hydrogen (secondary N) is 2. The first-order chi connectivity index (χ1) is 13.0. The average molecular weight is 386 g/mol. The second-order valence-corrected chi connectivity index (χ2v) is 7.73. The number of carbonyl (C=O) groups excluding carboxylic acids is 2. The van der Waals surface area contributed by atoms with Crippen LogP contribution in [0, 0.1) is 6.92 Å². The second-order valence-electron chi connectivity index (χ2n) is 6.47. The van der Waals surface area contributed by atoms with Crippen molar-refractivity contribution in [2.45, 2.75) is 38.6 Å². The van der Waals surface area contributed by atoms with Crippen LogP contribution >= 0.6 is 11.3 Å². The highest BCUT2D eigenvalue weighted by atomic mass is 32.1. The molecule has 0 spiro atoms. The van der Waals surface area contributed by atoms with Crippen LogP contribution in [0.2, 0.25) is 0 Å². The number of rotatable bonds is 6. The van der Waals surface area contributed by atoms with Crippen LogP contribution in [0.1, 0.15) is 47.0 Å². The van der Waals surface area contributed by atoms with E-state index in [0.29, 0.717) is 23.3 Å². The van der Waals surface area contributed by atoms with Crippen molar-refractivity contribution >= 4 is 28.8 Å². The summed E-state index contributed by atoms with van der Waals surface area (Å²) in [5.41, 5.74) is 0.664. The number of aromatic nitrogens is 2. The van der Waals surface area contributed by atoms with Crippen molar-refractivity contribution in [3.05, 3.63) is 41.0 Å². The molecule has 0 unspecified atom stereocenters. The third-order valence-electron chi connectivity index (χ3n) is 4.25. The van der Waals surface area contributed by atoms with Crippen molar-refractivity contribution < 1.29 is 18.5 Å². The highest BCUT2D eigenvalue weighted by Crippen LogP contribution is 2.40. The number of aryl methyl sites for hydroxylation is 1. The van der Waals surface area contributed by atoms with Gasteiger partial charge in [0.05, 0.1) is 16.8 Å². The minimum Gasteiger partial charge on any atom is -0.459 e. The summed E-state index contributed by atoms with van der Waals surface area (Å²) in [5.74, 6) is 0.997. The Morgan fingerprint density at radius 3 is 2.89 bits per heavy atom. The predicted molar refractivity (Wildman–Crippen MR) is 98.6 cm³/mol. The van der Waals surface area contributed by atoms with Gasteiger partial charge in [-0.2, -0.15) is 4.98 Å². The zero-order chi connectivity index (χ0) is 19.0. The smallest absolute Gasteiger partial charge is 0.287 e. The number of carbonyl (C=O) groups is 2. The average Bonchev–Trinajstić information content (AvgIpc) is 3.05. The molecule has 0 aliphatic heterocycles. The van der Waals surface area contributed by atoms with Gasteiger partial charge in [-0.15, -0.1) is 11.3 Å². The standard InChI is InChI=1S/C18H18N4O4S/c1-9(19-17(24)13-4-3-7-25-13)16(23)20-12-8-14(27-10(12)2)15-21-18(26-22-15)11-5-6-11/h3-4,7-9,11H,5-6H2,1-2H3,(H,19,24)(H,20,23)/t9-/m0/s1. The Morgan fingerprint density at radius 1 is 1.37 bits per heavy atom. The maximum Gasteiger partial charge on any atom is 0.287 e. The van der Waals surface area contributed by atoms with Crippen LogP contribution in [0.25, 0.3) is 10.7 Å². The lowest BCUT2D eigenvalue weighted by Gasteiger charge is -2.13. The molecular weight excluding hydrogens is 368 g/mol. The van der Waals surface area contributed by atoms with Crippen LogP contribution < -0.4 is 10.6 Å². The van der Waals surface area contributed by atoms with E-state index in [4.69, 9.17) is 8.94 Å². The fourth-order valence-electron chi connectivity index (χ4n) is 2.53. The van der Waals surface area contributed by atoms with Crippen molar-refractivity contribution in [3.63, 3.8) is 0 Å². The van der Waals surface area contributed by atoms with E-state index >= 15 is 0 Å². The van der Waals surface area contributed by atoms with E-state index in [2.05, 4.69) is 20.8 Å². The summed E-state index contributed by atoms with van der Waals surface area (Å²) in [6.45, 7) is 3.51. The quantitative estimate of drug-likeness (QED) is 0.672. The minimum absolute atomic E-state index is 0.159. The van der Waals surface area contributed by atoms with E-state index in [1.54, 1.807) is 13.0 Å². The lowest BCUT2D eigenvalue weighted by Crippen LogP contribution is -2.41. The number of hydrogen-bond donors (Lipinski definition) is 2. The highest BCUT2D eigenvalue weighted by molar-refractivity contribution is 7.16. The SMILES string of the molecule is Cc1sc(-c2noc(C3CC3)n2)cc1NC(=O)[C@H](C)NC(=O)c1ccco1. The van der Waals surface area contributed by atoms with Crippen LogP contribution in [0.5, 0.6) is 0 Å². The first-order valence-electron chi connectivity index (χ1n) is 8.61. The Bertz CT molecular complexity index is 972. The molecule has 27 heavy (non-hydrogen) atoms. The maximum atomic E-state index is 12.4. The molecule has 1 fully saturated rings. The van der Waals surface area contributed by atoms with Crippen LogP contribution in [-0.2, 0) is 4.79 Å².